The summed E-state index contributed by atoms with van der Waals surface area (Å²) in [5.41, 5.74) is 1.67. The molecule has 0 saturated carbocycles. The van der Waals surface area contributed by atoms with E-state index in [1.54, 1.807) is 36.4 Å². The molecule has 0 spiro atoms. The summed E-state index contributed by atoms with van der Waals surface area (Å²) in [4.78, 5) is 12.5. The normalized spacial score (nSPS) is 11.4. The van der Waals surface area contributed by atoms with E-state index >= 15 is 0 Å². The van der Waals surface area contributed by atoms with Crippen LogP contribution in [0.25, 0.3) is 6.08 Å². The van der Waals surface area contributed by atoms with Gasteiger partial charge in [-0.1, -0.05) is 35.4 Å². The Kier molecular flexibility index (Phi) is 7.95. The summed E-state index contributed by atoms with van der Waals surface area (Å²) in [5.74, 6) is -0.0142. The molecule has 0 aliphatic rings. The lowest BCUT2D eigenvalue weighted by Crippen LogP contribution is -2.13. The lowest BCUT2D eigenvalue weighted by atomic mass is 10.1. The monoisotopic (exact) mass is 496 g/mol. The number of anilines is 1. The third-order valence-corrected chi connectivity index (χ3v) is 6.11. The van der Waals surface area contributed by atoms with Crippen LogP contribution in [-0.2, 0) is 14.9 Å². The first kappa shape index (κ1) is 24.8. The van der Waals surface area contributed by atoms with E-state index in [-0.39, 0.29) is 21.2 Å². The largest absolute Gasteiger partial charge is 0.494 e. The zero-order valence-electron chi connectivity index (χ0n) is 18.4. The van der Waals surface area contributed by atoms with Gasteiger partial charge in [0.1, 0.15) is 22.3 Å². The van der Waals surface area contributed by atoms with Gasteiger partial charge in [0.05, 0.1) is 11.6 Å². The van der Waals surface area contributed by atoms with Crippen LogP contribution in [0.2, 0.25) is 5.02 Å². The highest BCUT2D eigenvalue weighted by atomic mass is 35.5. The topological polar surface area (TPSA) is 105 Å². The Morgan fingerprint density at radius 3 is 2.35 bits per heavy atom. The van der Waals surface area contributed by atoms with Gasteiger partial charge in [-0.25, -0.2) is 0 Å². The van der Waals surface area contributed by atoms with Crippen molar-refractivity contribution in [2.45, 2.75) is 18.7 Å². The average Bonchev–Trinajstić information content (AvgIpc) is 2.81. The summed E-state index contributed by atoms with van der Waals surface area (Å²) in [7, 11) is -4.07. The molecule has 0 radical (unpaired) electrons. The number of hydrogen-bond donors (Lipinski definition) is 1. The maximum absolute atomic E-state index is 12.5. The van der Waals surface area contributed by atoms with Gasteiger partial charge in [-0.2, -0.15) is 13.7 Å². The van der Waals surface area contributed by atoms with Crippen LogP contribution in [0, 0.1) is 18.3 Å². The molecule has 9 heteroatoms. The molecule has 0 aliphatic carbocycles. The quantitative estimate of drug-likeness (QED) is 0.255. The number of nitrogens with one attached hydrogen (secondary N) is 1. The first-order valence-electron chi connectivity index (χ1n) is 10.2. The number of hydrogen-bond acceptors (Lipinski definition) is 6. The highest BCUT2D eigenvalue weighted by Gasteiger charge is 2.18. The molecule has 3 aromatic rings. The second kappa shape index (κ2) is 10.9. The maximum atomic E-state index is 12.5. The Labute approximate surface area is 203 Å². The van der Waals surface area contributed by atoms with E-state index in [0.29, 0.717) is 23.6 Å². The predicted octanol–water partition coefficient (Wildman–Crippen LogP) is 5.36. The molecule has 0 saturated heterocycles. The number of ether oxygens (including phenoxy) is 1. The summed E-state index contributed by atoms with van der Waals surface area (Å²) in [6.45, 7) is 4.24. The van der Waals surface area contributed by atoms with Gasteiger partial charge in [0.25, 0.3) is 5.91 Å². The summed E-state index contributed by atoms with van der Waals surface area (Å²) in [6.07, 6.45) is 1.34. The summed E-state index contributed by atoms with van der Waals surface area (Å²) >= 11 is 6.21. The lowest BCUT2D eigenvalue weighted by Gasteiger charge is -2.10. The SMILES string of the molecule is CCOc1ccc(NC(=O)/C(C#N)=C/c2ccc(OS(=O)(=O)c3ccc(C)cc3)c(Cl)c2)cc1. The molecule has 0 heterocycles. The van der Waals surface area contributed by atoms with E-state index in [4.69, 9.17) is 20.5 Å². The smallest absolute Gasteiger partial charge is 0.339 e. The number of nitriles is 1. The molecule has 0 unspecified atom stereocenters. The van der Waals surface area contributed by atoms with Crippen LogP contribution in [0.5, 0.6) is 11.5 Å². The Morgan fingerprint density at radius 1 is 1.09 bits per heavy atom. The number of amides is 1. The molecule has 1 amide bonds. The van der Waals surface area contributed by atoms with Crippen molar-refractivity contribution in [3.05, 3.63) is 88.5 Å². The molecule has 0 fully saturated rings. The van der Waals surface area contributed by atoms with E-state index in [0.717, 1.165) is 5.56 Å². The van der Waals surface area contributed by atoms with Crippen LogP contribution in [0.1, 0.15) is 18.1 Å². The molecule has 0 atom stereocenters. The van der Waals surface area contributed by atoms with E-state index in [1.165, 1.54) is 36.4 Å². The van der Waals surface area contributed by atoms with E-state index in [1.807, 2.05) is 19.9 Å². The third-order valence-electron chi connectivity index (χ3n) is 4.56. The van der Waals surface area contributed by atoms with Crippen molar-refractivity contribution in [2.75, 3.05) is 11.9 Å². The molecular weight excluding hydrogens is 476 g/mol. The minimum atomic E-state index is -4.07. The minimum Gasteiger partial charge on any atom is -0.494 e. The van der Waals surface area contributed by atoms with Crippen molar-refractivity contribution in [1.29, 1.82) is 5.26 Å². The second-order valence-electron chi connectivity index (χ2n) is 7.12. The molecule has 0 aliphatic heterocycles. The van der Waals surface area contributed by atoms with Gasteiger partial charge in [-0.15, -0.1) is 0 Å². The molecule has 3 aromatic carbocycles. The number of carbonyl (C=O) groups is 1. The highest BCUT2D eigenvalue weighted by molar-refractivity contribution is 7.87. The molecule has 3 rings (SSSR count). The van der Waals surface area contributed by atoms with Crippen molar-refractivity contribution < 1.29 is 22.1 Å². The van der Waals surface area contributed by atoms with Crippen molar-refractivity contribution in [2.24, 2.45) is 0 Å². The van der Waals surface area contributed by atoms with Gasteiger partial charge < -0.3 is 14.2 Å². The maximum Gasteiger partial charge on any atom is 0.339 e. The van der Waals surface area contributed by atoms with E-state index < -0.39 is 16.0 Å². The Hall–Kier alpha value is -3.80. The first-order chi connectivity index (χ1) is 16.2. The Morgan fingerprint density at radius 2 is 1.76 bits per heavy atom. The molecule has 34 heavy (non-hydrogen) atoms. The fourth-order valence-electron chi connectivity index (χ4n) is 2.86. The number of rotatable bonds is 8. The van der Waals surface area contributed by atoms with Crippen LogP contribution >= 0.6 is 11.6 Å². The van der Waals surface area contributed by atoms with Crippen LogP contribution in [0.15, 0.2) is 77.2 Å². The summed E-state index contributed by atoms with van der Waals surface area (Å²) < 4.78 is 35.5. The van der Waals surface area contributed by atoms with Gasteiger partial charge in [0.15, 0.2) is 5.75 Å². The number of benzene rings is 3. The van der Waals surface area contributed by atoms with E-state index in [9.17, 15) is 18.5 Å². The van der Waals surface area contributed by atoms with Crippen LogP contribution in [0.3, 0.4) is 0 Å². The van der Waals surface area contributed by atoms with Crippen molar-refractivity contribution in [3.8, 4) is 17.6 Å². The zero-order valence-corrected chi connectivity index (χ0v) is 20.0. The molecular formula is C25H21ClN2O5S. The standard InChI is InChI=1S/C25H21ClN2O5S/c1-3-32-21-9-7-20(8-10-21)28-25(29)19(16-27)14-18-6-13-24(23(26)15-18)33-34(30,31)22-11-4-17(2)5-12-22/h4-15H,3H2,1-2H3,(H,28,29)/b19-14+. The van der Waals surface area contributed by atoms with Gasteiger partial charge in [-0.05, 0) is 74.0 Å². The highest BCUT2D eigenvalue weighted by Crippen LogP contribution is 2.29. The fraction of sp³-hybridized carbons (Fsp3) is 0.120. The van der Waals surface area contributed by atoms with Crippen molar-refractivity contribution >= 4 is 39.4 Å². The van der Waals surface area contributed by atoms with Gasteiger partial charge in [0.2, 0.25) is 0 Å². The minimum absolute atomic E-state index is 0.00383. The number of carbonyl (C=O) groups excluding carboxylic acids is 1. The van der Waals surface area contributed by atoms with Crippen LogP contribution < -0.4 is 14.2 Å². The second-order valence-corrected chi connectivity index (χ2v) is 9.08. The third kappa shape index (κ3) is 6.38. The Bertz CT molecular complexity index is 1360. The number of halogens is 1. The van der Waals surface area contributed by atoms with Gasteiger partial charge in [0, 0.05) is 5.69 Å². The molecule has 0 aromatic heterocycles. The number of nitrogens with zero attached hydrogens (tertiary/aromatic N) is 1. The van der Waals surface area contributed by atoms with Crippen molar-refractivity contribution in [1.82, 2.24) is 0 Å². The van der Waals surface area contributed by atoms with Crippen LogP contribution in [0.4, 0.5) is 5.69 Å². The van der Waals surface area contributed by atoms with Crippen molar-refractivity contribution in [3.63, 3.8) is 0 Å². The fourth-order valence-corrected chi connectivity index (χ4v) is 4.08. The Balaban J connectivity index is 1.75. The summed E-state index contributed by atoms with van der Waals surface area (Å²) in [5, 5.41) is 12.1. The lowest BCUT2D eigenvalue weighted by molar-refractivity contribution is -0.112. The number of aryl methyl sites for hydroxylation is 1. The molecule has 0 bridgehead atoms. The molecule has 1 N–H and O–H groups in total. The van der Waals surface area contributed by atoms with Gasteiger partial charge in [-0.3, -0.25) is 4.79 Å². The first-order valence-corrected chi connectivity index (χ1v) is 12.0. The average molecular weight is 497 g/mol. The summed E-state index contributed by atoms with van der Waals surface area (Å²) in [6, 6.07) is 19.1. The molecule has 7 nitrogen and oxygen atoms in total. The van der Waals surface area contributed by atoms with Gasteiger partial charge >= 0.3 is 10.1 Å². The van der Waals surface area contributed by atoms with E-state index in [2.05, 4.69) is 5.32 Å². The van der Waals surface area contributed by atoms with Crippen LogP contribution in [-0.4, -0.2) is 20.9 Å². The predicted molar refractivity (Wildman–Crippen MR) is 130 cm³/mol. The molecule has 174 valence electrons. The zero-order chi connectivity index (χ0) is 24.7.